The largest absolute Gasteiger partial charge is 0.356 e. The summed E-state index contributed by atoms with van der Waals surface area (Å²) in [5, 5.41) is 0. The fourth-order valence-corrected chi connectivity index (χ4v) is 0.832. The Morgan fingerprint density at radius 2 is 1.91 bits per heavy atom. The molecule has 0 radical (unpaired) electrons. The molecule has 2 atom stereocenters. The second-order valence-electron chi connectivity index (χ2n) is 2.81. The Morgan fingerprint density at radius 1 is 1.27 bits per heavy atom. The lowest BCUT2D eigenvalue weighted by Gasteiger charge is -2.19. The molecule has 11 heavy (non-hydrogen) atoms. The first-order valence-electron chi connectivity index (χ1n) is 4.42. The zero-order valence-corrected chi connectivity index (χ0v) is 8.09. The van der Waals surface area contributed by atoms with Crippen LogP contribution in [0.5, 0.6) is 0 Å². The first-order valence-corrected chi connectivity index (χ1v) is 4.42. The fourth-order valence-electron chi connectivity index (χ4n) is 0.832. The topological polar surface area (TPSA) is 18.5 Å². The normalized spacial score (nSPS) is 16.4. The van der Waals surface area contributed by atoms with Gasteiger partial charge in [0.2, 0.25) is 0 Å². The summed E-state index contributed by atoms with van der Waals surface area (Å²) in [4.78, 5) is 0. The number of methoxy groups -OCH3 is 1. The summed E-state index contributed by atoms with van der Waals surface area (Å²) in [5.74, 6) is 0. The van der Waals surface area contributed by atoms with Crippen LogP contribution in [0.2, 0.25) is 0 Å². The van der Waals surface area contributed by atoms with E-state index in [1.165, 1.54) is 0 Å². The highest BCUT2D eigenvalue weighted by Gasteiger charge is 2.08. The Hall–Kier alpha value is -0.0800. The van der Waals surface area contributed by atoms with E-state index < -0.39 is 0 Å². The molecule has 0 heterocycles. The Labute approximate surface area is 69.9 Å². The van der Waals surface area contributed by atoms with Crippen LogP contribution < -0.4 is 0 Å². The van der Waals surface area contributed by atoms with E-state index in [2.05, 4.69) is 20.8 Å². The van der Waals surface area contributed by atoms with E-state index in [9.17, 15) is 0 Å². The van der Waals surface area contributed by atoms with Gasteiger partial charge in [0.1, 0.15) is 0 Å². The molecule has 0 aromatic rings. The van der Waals surface area contributed by atoms with E-state index in [1.54, 1.807) is 7.11 Å². The minimum Gasteiger partial charge on any atom is -0.356 e. The Kier molecular flexibility index (Phi) is 6.57. The lowest BCUT2D eigenvalue weighted by atomic mass is 10.3. The zero-order chi connectivity index (χ0) is 8.69. The van der Waals surface area contributed by atoms with Gasteiger partial charge in [-0.25, -0.2) is 0 Å². The molecule has 0 saturated carbocycles. The molecule has 0 aliphatic rings. The first kappa shape index (κ1) is 10.9. The van der Waals surface area contributed by atoms with Crippen molar-refractivity contribution in [2.45, 2.75) is 52.4 Å². The smallest absolute Gasteiger partial charge is 0.157 e. The molecule has 0 N–H and O–H groups in total. The van der Waals surface area contributed by atoms with E-state index in [0.29, 0.717) is 6.10 Å². The summed E-state index contributed by atoms with van der Waals surface area (Å²) < 4.78 is 10.7. The fraction of sp³-hybridized carbons (Fsp3) is 1.00. The van der Waals surface area contributed by atoms with E-state index in [4.69, 9.17) is 9.47 Å². The molecule has 0 amide bonds. The van der Waals surface area contributed by atoms with Gasteiger partial charge in [-0.05, 0) is 19.8 Å². The quantitative estimate of drug-likeness (QED) is 0.556. The lowest BCUT2D eigenvalue weighted by Crippen LogP contribution is -2.20. The zero-order valence-electron chi connectivity index (χ0n) is 8.09. The molecule has 0 aromatic heterocycles. The van der Waals surface area contributed by atoms with Gasteiger partial charge in [0.05, 0.1) is 6.10 Å². The van der Waals surface area contributed by atoms with E-state index >= 15 is 0 Å². The van der Waals surface area contributed by atoms with Gasteiger partial charge >= 0.3 is 0 Å². The maximum Gasteiger partial charge on any atom is 0.157 e. The maximum absolute atomic E-state index is 5.57. The predicted octanol–water partition coefficient (Wildman–Crippen LogP) is 2.57. The summed E-state index contributed by atoms with van der Waals surface area (Å²) in [6, 6.07) is 0. The Balaban J connectivity index is 3.49. The highest BCUT2D eigenvalue weighted by atomic mass is 16.7. The van der Waals surface area contributed by atoms with E-state index in [1.807, 2.05) is 0 Å². The van der Waals surface area contributed by atoms with Crippen LogP contribution in [0.1, 0.15) is 40.0 Å². The predicted molar refractivity (Wildman–Crippen MR) is 46.5 cm³/mol. The van der Waals surface area contributed by atoms with Crippen molar-refractivity contribution in [1.82, 2.24) is 0 Å². The summed E-state index contributed by atoms with van der Waals surface area (Å²) in [7, 11) is 1.70. The third-order valence-electron chi connectivity index (χ3n) is 1.75. The molecule has 0 aliphatic carbocycles. The summed E-state index contributed by atoms with van der Waals surface area (Å²) >= 11 is 0. The molecule has 0 fully saturated rings. The highest BCUT2D eigenvalue weighted by Crippen LogP contribution is 2.07. The molecular formula is C9H20O2. The lowest BCUT2D eigenvalue weighted by molar-refractivity contribution is -0.154. The van der Waals surface area contributed by atoms with Crippen LogP contribution in [0.25, 0.3) is 0 Å². The molecule has 0 aliphatic heterocycles. The summed E-state index contributed by atoms with van der Waals surface area (Å²) in [6.07, 6.45) is 3.45. The maximum atomic E-state index is 5.57. The number of ether oxygens (including phenoxy) is 2. The molecule has 0 saturated heterocycles. The van der Waals surface area contributed by atoms with Crippen molar-refractivity contribution in [3.8, 4) is 0 Å². The van der Waals surface area contributed by atoms with Crippen molar-refractivity contribution in [3.05, 3.63) is 0 Å². The summed E-state index contributed by atoms with van der Waals surface area (Å²) in [6.45, 7) is 6.32. The van der Waals surface area contributed by atoms with Crippen LogP contribution in [0.15, 0.2) is 0 Å². The number of hydrogen-bond acceptors (Lipinski definition) is 2. The van der Waals surface area contributed by atoms with Gasteiger partial charge in [0, 0.05) is 7.11 Å². The van der Waals surface area contributed by atoms with Gasteiger partial charge < -0.3 is 9.47 Å². The van der Waals surface area contributed by atoms with Crippen molar-refractivity contribution in [2.75, 3.05) is 7.11 Å². The van der Waals surface area contributed by atoms with Gasteiger partial charge in [-0.15, -0.1) is 0 Å². The molecule has 0 spiro atoms. The molecule has 0 aromatic carbocycles. The van der Waals surface area contributed by atoms with Crippen LogP contribution in [-0.4, -0.2) is 19.5 Å². The monoisotopic (exact) mass is 160 g/mol. The minimum absolute atomic E-state index is 0.00468. The van der Waals surface area contributed by atoms with Gasteiger partial charge in [-0.2, -0.15) is 0 Å². The van der Waals surface area contributed by atoms with Crippen LogP contribution in [0.4, 0.5) is 0 Å². The standard InChI is InChI=1S/C9H20O2/c1-5-7-9(10-4)11-8(3)6-2/h8-9H,5-7H2,1-4H3. The molecule has 2 nitrogen and oxygen atoms in total. The van der Waals surface area contributed by atoms with Crippen molar-refractivity contribution >= 4 is 0 Å². The second-order valence-corrected chi connectivity index (χ2v) is 2.81. The van der Waals surface area contributed by atoms with Crippen molar-refractivity contribution in [3.63, 3.8) is 0 Å². The second kappa shape index (κ2) is 6.62. The van der Waals surface area contributed by atoms with Crippen molar-refractivity contribution in [1.29, 1.82) is 0 Å². The van der Waals surface area contributed by atoms with Gasteiger partial charge in [0.15, 0.2) is 6.29 Å². The van der Waals surface area contributed by atoms with E-state index in [-0.39, 0.29) is 6.29 Å². The average Bonchev–Trinajstić information content (AvgIpc) is 2.03. The Morgan fingerprint density at radius 3 is 2.27 bits per heavy atom. The van der Waals surface area contributed by atoms with E-state index in [0.717, 1.165) is 19.3 Å². The number of rotatable bonds is 6. The van der Waals surface area contributed by atoms with Crippen LogP contribution >= 0.6 is 0 Å². The molecule has 0 bridgehead atoms. The minimum atomic E-state index is -0.00468. The molecule has 2 unspecified atom stereocenters. The van der Waals surface area contributed by atoms with Crippen molar-refractivity contribution < 1.29 is 9.47 Å². The first-order chi connectivity index (χ1) is 5.24. The van der Waals surface area contributed by atoms with Gasteiger partial charge in [-0.1, -0.05) is 20.3 Å². The van der Waals surface area contributed by atoms with Gasteiger partial charge in [0.25, 0.3) is 0 Å². The third kappa shape index (κ3) is 5.22. The molecular weight excluding hydrogens is 140 g/mol. The average molecular weight is 160 g/mol. The van der Waals surface area contributed by atoms with Crippen LogP contribution in [-0.2, 0) is 9.47 Å². The summed E-state index contributed by atoms with van der Waals surface area (Å²) in [5.41, 5.74) is 0. The van der Waals surface area contributed by atoms with Gasteiger partial charge in [-0.3, -0.25) is 0 Å². The highest BCUT2D eigenvalue weighted by molar-refractivity contribution is 4.48. The molecule has 0 rings (SSSR count). The van der Waals surface area contributed by atoms with Crippen molar-refractivity contribution in [2.24, 2.45) is 0 Å². The molecule has 2 heteroatoms. The third-order valence-corrected chi connectivity index (χ3v) is 1.75. The molecule has 68 valence electrons. The van der Waals surface area contributed by atoms with Crippen LogP contribution in [0, 0.1) is 0 Å². The SMILES string of the molecule is CCCC(OC)OC(C)CC. The number of hydrogen-bond donors (Lipinski definition) is 0. The van der Waals surface area contributed by atoms with Crippen LogP contribution in [0.3, 0.4) is 0 Å². The Bertz CT molecular complexity index is 83.6.